The Kier molecular flexibility index (Phi) is 4.94. The van der Waals surface area contributed by atoms with Crippen molar-refractivity contribution in [2.24, 2.45) is 0 Å². The van der Waals surface area contributed by atoms with Crippen LogP contribution in [0.15, 0.2) is 40.9 Å². The highest BCUT2D eigenvalue weighted by Crippen LogP contribution is 2.23. The number of nitro groups is 1. The van der Waals surface area contributed by atoms with Crippen molar-refractivity contribution in [3.63, 3.8) is 0 Å². The van der Waals surface area contributed by atoms with Crippen LogP contribution in [0.1, 0.15) is 15.9 Å². The Morgan fingerprint density at radius 3 is 2.62 bits per heavy atom. The summed E-state index contributed by atoms with van der Waals surface area (Å²) < 4.78 is 1.64. The average molecular weight is 461 g/mol. The van der Waals surface area contributed by atoms with Crippen molar-refractivity contribution < 1.29 is 9.72 Å². The monoisotopic (exact) mass is 460 g/mol. The minimum absolute atomic E-state index is 0.00235. The fourth-order valence-electron chi connectivity index (χ4n) is 1.76. The second-order valence-electron chi connectivity index (χ2n) is 4.33. The Labute approximate surface area is 143 Å². The van der Waals surface area contributed by atoms with Gasteiger partial charge in [-0.1, -0.05) is 15.9 Å². The molecule has 2 aromatic rings. The molecule has 108 valence electrons. The molecule has 0 radical (unpaired) electrons. The first-order valence-corrected chi connectivity index (χ1v) is 7.77. The number of halogens is 2. The fourth-order valence-corrected chi connectivity index (χ4v) is 2.70. The van der Waals surface area contributed by atoms with Gasteiger partial charge in [-0.05, 0) is 59.3 Å². The molecule has 21 heavy (non-hydrogen) atoms. The maximum Gasteiger partial charge on any atom is 0.269 e. The molecule has 7 heteroatoms. The first kappa shape index (κ1) is 15.9. The summed E-state index contributed by atoms with van der Waals surface area (Å²) in [7, 11) is 0. The summed E-state index contributed by atoms with van der Waals surface area (Å²) in [6, 6.07) is 9.77. The topological polar surface area (TPSA) is 72.2 Å². The number of benzene rings is 2. The molecule has 0 saturated carbocycles. The second kappa shape index (κ2) is 6.52. The summed E-state index contributed by atoms with van der Waals surface area (Å²) in [5.74, 6) is -0.252. The molecule has 5 nitrogen and oxygen atoms in total. The number of rotatable bonds is 3. The normalized spacial score (nSPS) is 10.2. The Morgan fingerprint density at radius 2 is 2.00 bits per heavy atom. The number of nitrogens with one attached hydrogen (secondary N) is 1. The van der Waals surface area contributed by atoms with E-state index in [-0.39, 0.29) is 11.6 Å². The minimum Gasteiger partial charge on any atom is -0.322 e. The van der Waals surface area contributed by atoms with E-state index < -0.39 is 4.92 Å². The predicted octanol–water partition coefficient (Wildman–Crippen LogP) is 4.52. The Morgan fingerprint density at radius 1 is 1.29 bits per heavy atom. The number of non-ortho nitro benzene ring substituents is 1. The van der Waals surface area contributed by atoms with Crippen LogP contribution in [0.5, 0.6) is 0 Å². The number of carbonyl (C=O) groups excluding carboxylic acids is 1. The smallest absolute Gasteiger partial charge is 0.269 e. The lowest BCUT2D eigenvalue weighted by atomic mass is 10.1. The molecule has 2 rings (SSSR count). The first-order chi connectivity index (χ1) is 9.88. The van der Waals surface area contributed by atoms with Crippen LogP contribution in [0.25, 0.3) is 0 Å². The Hall–Kier alpha value is -1.48. The number of hydrogen-bond donors (Lipinski definition) is 1. The van der Waals surface area contributed by atoms with Crippen molar-refractivity contribution in [2.45, 2.75) is 6.92 Å². The molecular formula is C14H10BrIN2O3. The fraction of sp³-hybridized carbons (Fsp3) is 0.0714. The Balaban J connectivity index is 2.27. The quantitative estimate of drug-likeness (QED) is 0.415. The number of nitrogens with zero attached hydrogens (tertiary/aromatic N) is 1. The van der Waals surface area contributed by atoms with Gasteiger partial charge in [-0.2, -0.15) is 0 Å². The first-order valence-electron chi connectivity index (χ1n) is 5.90. The molecule has 0 saturated heterocycles. The molecule has 0 atom stereocenters. The van der Waals surface area contributed by atoms with Crippen LogP contribution in [0.2, 0.25) is 0 Å². The van der Waals surface area contributed by atoms with Gasteiger partial charge >= 0.3 is 0 Å². The van der Waals surface area contributed by atoms with E-state index in [4.69, 9.17) is 0 Å². The summed E-state index contributed by atoms with van der Waals surface area (Å²) in [6.45, 7) is 1.72. The van der Waals surface area contributed by atoms with E-state index in [0.717, 1.165) is 8.04 Å². The van der Waals surface area contributed by atoms with Gasteiger partial charge in [0.05, 0.1) is 10.5 Å². The van der Waals surface area contributed by atoms with E-state index in [2.05, 4.69) is 43.8 Å². The third-order valence-electron chi connectivity index (χ3n) is 2.84. The van der Waals surface area contributed by atoms with Crippen LogP contribution >= 0.6 is 38.5 Å². The van der Waals surface area contributed by atoms with E-state index >= 15 is 0 Å². The summed E-state index contributed by atoms with van der Waals surface area (Å²) in [5.41, 5.74) is 1.74. The van der Waals surface area contributed by atoms with Gasteiger partial charge < -0.3 is 5.32 Å². The van der Waals surface area contributed by atoms with Crippen molar-refractivity contribution >= 4 is 55.8 Å². The second-order valence-corrected chi connectivity index (χ2v) is 6.41. The largest absolute Gasteiger partial charge is 0.322 e. The lowest BCUT2D eigenvalue weighted by Crippen LogP contribution is -2.14. The molecule has 1 N–H and O–H groups in total. The number of amides is 1. The summed E-state index contributed by atoms with van der Waals surface area (Å²) in [6.07, 6.45) is 0. The molecule has 1 amide bonds. The molecule has 0 heterocycles. The molecule has 0 unspecified atom stereocenters. The van der Waals surface area contributed by atoms with E-state index in [9.17, 15) is 14.9 Å². The van der Waals surface area contributed by atoms with E-state index in [0.29, 0.717) is 16.8 Å². The van der Waals surface area contributed by atoms with Crippen molar-refractivity contribution in [3.8, 4) is 0 Å². The van der Waals surface area contributed by atoms with Gasteiger partial charge in [-0.25, -0.2) is 0 Å². The molecule has 0 aromatic heterocycles. The van der Waals surface area contributed by atoms with Crippen LogP contribution in [0.4, 0.5) is 11.4 Å². The highest BCUT2D eigenvalue weighted by molar-refractivity contribution is 14.1. The van der Waals surface area contributed by atoms with Crippen LogP contribution in [-0.4, -0.2) is 10.8 Å². The van der Waals surface area contributed by atoms with Gasteiger partial charge in [-0.3, -0.25) is 14.9 Å². The number of aryl methyl sites for hydroxylation is 1. The molecule has 0 spiro atoms. The number of carbonyl (C=O) groups is 1. The highest BCUT2D eigenvalue weighted by Gasteiger charge is 2.14. The zero-order chi connectivity index (χ0) is 15.6. The molecule has 0 aliphatic rings. The zero-order valence-corrected chi connectivity index (χ0v) is 14.6. The third kappa shape index (κ3) is 3.79. The molecule has 0 aliphatic heterocycles. The van der Waals surface area contributed by atoms with Gasteiger partial charge in [0.25, 0.3) is 11.6 Å². The van der Waals surface area contributed by atoms with E-state index in [1.807, 2.05) is 12.1 Å². The van der Waals surface area contributed by atoms with Crippen LogP contribution < -0.4 is 5.32 Å². The number of anilines is 1. The van der Waals surface area contributed by atoms with Crippen LogP contribution in [0, 0.1) is 20.6 Å². The van der Waals surface area contributed by atoms with E-state index in [1.54, 1.807) is 13.0 Å². The Bertz CT molecular complexity index is 734. The van der Waals surface area contributed by atoms with Crippen molar-refractivity contribution in [1.29, 1.82) is 0 Å². The average Bonchev–Trinajstić information content (AvgIpc) is 2.43. The maximum atomic E-state index is 12.3. The molecule has 0 aliphatic carbocycles. The lowest BCUT2D eigenvalue weighted by Gasteiger charge is -2.09. The molecule has 0 bridgehead atoms. The summed E-state index contributed by atoms with van der Waals surface area (Å²) in [4.78, 5) is 22.5. The van der Waals surface area contributed by atoms with Gasteiger partial charge in [-0.15, -0.1) is 0 Å². The standard InChI is InChI=1S/C14H10BrIN2O3/c1-8-6-10(18(20)21)3-5-13(8)17-14(19)11-7-9(15)2-4-12(11)16/h2-7H,1H3,(H,17,19). The minimum atomic E-state index is -0.462. The number of hydrogen-bond acceptors (Lipinski definition) is 3. The van der Waals surface area contributed by atoms with Gasteiger partial charge in [0.15, 0.2) is 0 Å². The van der Waals surface area contributed by atoms with Crippen LogP contribution in [-0.2, 0) is 0 Å². The van der Waals surface area contributed by atoms with Gasteiger partial charge in [0.2, 0.25) is 0 Å². The van der Waals surface area contributed by atoms with Gasteiger partial charge in [0.1, 0.15) is 0 Å². The molecule has 0 fully saturated rings. The summed E-state index contributed by atoms with van der Waals surface area (Å²) >= 11 is 5.42. The van der Waals surface area contributed by atoms with Gasteiger partial charge in [0, 0.05) is 25.9 Å². The van der Waals surface area contributed by atoms with Crippen LogP contribution in [0.3, 0.4) is 0 Å². The van der Waals surface area contributed by atoms with Crippen molar-refractivity contribution in [1.82, 2.24) is 0 Å². The third-order valence-corrected chi connectivity index (χ3v) is 4.28. The summed E-state index contributed by atoms with van der Waals surface area (Å²) in [5, 5.41) is 13.5. The highest BCUT2D eigenvalue weighted by atomic mass is 127. The van der Waals surface area contributed by atoms with Crippen molar-refractivity contribution in [2.75, 3.05) is 5.32 Å². The predicted molar refractivity (Wildman–Crippen MR) is 92.6 cm³/mol. The maximum absolute atomic E-state index is 12.3. The zero-order valence-electron chi connectivity index (χ0n) is 10.9. The van der Waals surface area contributed by atoms with Crippen molar-refractivity contribution in [3.05, 3.63) is 65.7 Å². The molecule has 2 aromatic carbocycles. The number of nitro benzene ring substituents is 1. The molecular weight excluding hydrogens is 451 g/mol. The lowest BCUT2D eigenvalue weighted by molar-refractivity contribution is -0.384. The van der Waals surface area contributed by atoms with E-state index in [1.165, 1.54) is 18.2 Å². The SMILES string of the molecule is Cc1cc([N+](=O)[O-])ccc1NC(=O)c1cc(Br)ccc1I.